The fourth-order valence-corrected chi connectivity index (χ4v) is 2.50. The van der Waals surface area contributed by atoms with Crippen LogP contribution in [0.5, 0.6) is 5.75 Å². The Morgan fingerprint density at radius 1 is 1.28 bits per heavy atom. The van der Waals surface area contributed by atoms with Gasteiger partial charge in [-0.1, -0.05) is 23.7 Å². The molecule has 0 fully saturated rings. The lowest BCUT2D eigenvalue weighted by atomic mass is 9.99. The number of benzene rings is 1. The Bertz CT molecular complexity index is 734. The zero-order valence-corrected chi connectivity index (χ0v) is 14.5. The molecule has 1 heterocycles. The minimum Gasteiger partial charge on any atom is -0.494 e. The number of amides is 1. The van der Waals surface area contributed by atoms with Crippen molar-refractivity contribution in [2.75, 3.05) is 13.2 Å². The molecule has 1 unspecified atom stereocenters. The van der Waals surface area contributed by atoms with E-state index in [4.69, 9.17) is 16.3 Å². The minimum absolute atomic E-state index is 0.0000296. The smallest absolute Gasteiger partial charge is 0.308 e. The van der Waals surface area contributed by atoms with Gasteiger partial charge >= 0.3 is 5.97 Å². The van der Waals surface area contributed by atoms with E-state index in [2.05, 4.69) is 10.3 Å². The number of carbonyl (C=O) groups is 2. The highest BCUT2D eigenvalue weighted by molar-refractivity contribution is 6.33. The van der Waals surface area contributed by atoms with Crippen LogP contribution in [0.3, 0.4) is 0 Å². The molecule has 0 aliphatic rings. The third-order valence-electron chi connectivity index (χ3n) is 3.59. The van der Waals surface area contributed by atoms with Crippen molar-refractivity contribution in [2.45, 2.75) is 13.3 Å². The Balaban J connectivity index is 1.98. The fraction of sp³-hybridized carbons (Fsp3) is 0.278. The average Bonchev–Trinajstić information content (AvgIpc) is 2.60. The monoisotopic (exact) mass is 362 g/mol. The lowest BCUT2D eigenvalue weighted by Gasteiger charge is -2.14. The van der Waals surface area contributed by atoms with E-state index in [1.165, 1.54) is 18.5 Å². The zero-order valence-electron chi connectivity index (χ0n) is 13.7. The first-order chi connectivity index (χ1) is 12.0. The van der Waals surface area contributed by atoms with Crippen LogP contribution >= 0.6 is 11.6 Å². The lowest BCUT2D eigenvalue weighted by molar-refractivity contribution is -0.141. The molecule has 0 saturated heterocycles. The van der Waals surface area contributed by atoms with Gasteiger partial charge in [0.2, 0.25) is 0 Å². The highest BCUT2D eigenvalue weighted by Gasteiger charge is 2.20. The number of carboxylic acid groups (broad SMARTS) is 1. The van der Waals surface area contributed by atoms with Gasteiger partial charge in [-0.25, -0.2) is 0 Å². The molecule has 0 radical (unpaired) electrons. The molecule has 25 heavy (non-hydrogen) atoms. The predicted octanol–water partition coefficient (Wildman–Crippen LogP) is 2.81. The van der Waals surface area contributed by atoms with E-state index in [1.54, 1.807) is 12.1 Å². The number of rotatable bonds is 8. The fourth-order valence-electron chi connectivity index (χ4n) is 2.29. The maximum atomic E-state index is 12.1. The van der Waals surface area contributed by atoms with Crippen molar-refractivity contribution in [3.8, 4) is 5.75 Å². The molecular weight excluding hydrogens is 344 g/mol. The summed E-state index contributed by atoms with van der Waals surface area (Å²) in [5.41, 5.74) is 1.12. The van der Waals surface area contributed by atoms with Gasteiger partial charge in [-0.2, -0.15) is 0 Å². The van der Waals surface area contributed by atoms with Gasteiger partial charge in [0.25, 0.3) is 5.91 Å². The van der Waals surface area contributed by atoms with Crippen molar-refractivity contribution in [3.63, 3.8) is 0 Å². The molecule has 1 aromatic heterocycles. The molecule has 1 atom stereocenters. The molecule has 1 aromatic carbocycles. The van der Waals surface area contributed by atoms with Crippen molar-refractivity contribution in [1.29, 1.82) is 0 Å². The van der Waals surface area contributed by atoms with E-state index in [-0.39, 0.29) is 17.1 Å². The second kappa shape index (κ2) is 9.03. The zero-order chi connectivity index (χ0) is 18.2. The molecule has 0 saturated carbocycles. The van der Waals surface area contributed by atoms with Crippen LogP contribution in [0.1, 0.15) is 22.8 Å². The molecule has 2 aromatic rings. The van der Waals surface area contributed by atoms with Gasteiger partial charge in [0, 0.05) is 18.9 Å². The van der Waals surface area contributed by atoms with Crippen molar-refractivity contribution in [2.24, 2.45) is 5.92 Å². The van der Waals surface area contributed by atoms with Gasteiger partial charge in [0.05, 0.1) is 23.1 Å². The highest BCUT2D eigenvalue weighted by Crippen LogP contribution is 2.16. The van der Waals surface area contributed by atoms with Crippen molar-refractivity contribution < 1.29 is 19.4 Å². The number of hydrogen-bond donors (Lipinski definition) is 2. The number of nitrogens with zero attached hydrogens (tertiary/aromatic N) is 1. The van der Waals surface area contributed by atoms with E-state index in [0.29, 0.717) is 13.0 Å². The van der Waals surface area contributed by atoms with E-state index < -0.39 is 17.8 Å². The van der Waals surface area contributed by atoms with Crippen LogP contribution in [0.25, 0.3) is 0 Å². The van der Waals surface area contributed by atoms with Crippen LogP contribution in [-0.4, -0.2) is 35.1 Å². The second-order valence-electron chi connectivity index (χ2n) is 5.38. The normalized spacial score (nSPS) is 11.6. The van der Waals surface area contributed by atoms with Gasteiger partial charge in [-0.3, -0.25) is 14.6 Å². The Labute approximate surface area is 150 Å². The molecule has 2 N–H and O–H groups in total. The number of pyridine rings is 1. The first-order valence-electron chi connectivity index (χ1n) is 7.83. The lowest BCUT2D eigenvalue weighted by Crippen LogP contribution is -2.34. The molecule has 2 rings (SSSR count). The summed E-state index contributed by atoms with van der Waals surface area (Å²) in [5, 5.41) is 12.2. The number of carbonyl (C=O) groups excluding carboxylic acids is 1. The van der Waals surface area contributed by atoms with Crippen molar-refractivity contribution >= 4 is 23.5 Å². The summed E-state index contributed by atoms with van der Waals surface area (Å²) in [6.45, 7) is 2.47. The SMILES string of the molecule is CCOc1ccc(CC(CNC(=O)c2ccncc2Cl)C(=O)O)cc1. The van der Waals surface area contributed by atoms with Gasteiger partial charge in [0.15, 0.2) is 0 Å². The average molecular weight is 363 g/mol. The molecule has 0 aliphatic carbocycles. The summed E-state index contributed by atoms with van der Waals surface area (Å²) >= 11 is 5.92. The molecule has 0 aliphatic heterocycles. The first-order valence-corrected chi connectivity index (χ1v) is 8.21. The molecule has 1 amide bonds. The molecule has 0 bridgehead atoms. The summed E-state index contributed by atoms with van der Waals surface area (Å²) in [6, 6.07) is 8.73. The number of ether oxygens (including phenoxy) is 1. The number of aromatic nitrogens is 1. The van der Waals surface area contributed by atoms with E-state index in [0.717, 1.165) is 11.3 Å². The molecule has 132 valence electrons. The Morgan fingerprint density at radius 3 is 2.60 bits per heavy atom. The predicted molar refractivity (Wildman–Crippen MR) is 94.0 cm³/mol. The van der Waals surface area contributed by atoms with Crippen molar-refractivity contribution in [3.05, 3.63) is 58.9 Å². The van der Waals surface area contributed by atoms with E-state index in [9.17, 15) is 14.7 Å². The number of nitrogens with one attached hydrogen (secondary N) is 1. The summed E-state index contributed by atoms with van der Waals surface area (Å²) < 4.78 is 5.36. The van der Waals surface area contributed by atoms with E-state index in [1.807, 2.05) is 19.1 Å². The quantitative estimate of drug-likeness (QED) is 0.753. The van der Waals surface area contributed by atoms with Crippen LogP contribution in [0.4, 0.5) is 0 Å². The largest absolute Gasteiger partial charge is 0.494 e. The third-order valence-corrected chi connectivity index (χ3v) is 3.89. The molecule has 6 nitrogen and oxygen atoms in total. The van der Waals surface area contributed by atoms with Crippen LogP contribution in [0.2, 0.25) is 5.02 Å². The number of carboxylic acids is 1. The van der Waals surface area contributed by atoms with Crippen molar-refractivity contribution in [1.82, 2.24) is 10.3 Å². The Kier molecular flexibility index (Phi) is 6.77. The summed E-state index contributed by atoms with van der Waals surface area (Å²) in [4.78, 5) is 27.4. The second-order valence-corrected chi connectivity index (χ2v) is 5.79. The third kappa shape index (κ3) is 5.46. The standard InChI is InChI=1S/C18H19ClN2O4/c1-2-25-14-5-3-12(4-6-14)9-13(18(23)24)10-21-17(22)15-7-8-20-11-16(15)19/h3-8,11,13H,2,9-10H2,1H3,(H,21,22)(H,23,24). The molecular formula is C18H19ClN2O4. The topological polar surface area (TPSA) is 88.5 Å². The molecule has 7 heteroatoms. The Hall–Kier alpha value is -2.60. The Morgan fingerprint density at radius 2 is 2.00 bits per heavy atom. The number of halogens is 1. The van der Waals surface area contributed by atoms with Gasteiger partial charge in [0.1, 0.15) is 5.75 Å². The molecule has 0 spiro atoms. The van der Waals surface area contributed by atoms with E-state index >= 15 is 0 Å². The maximum Gasteiger partial charge on any atom is 0.308 e. The van der Waals surface area contributed by atoms with Gasteiger partial charge < -0.3 is 15.2 Å². The van der Waals surface area contributed by atoms with Crippen LogP contribution < -0.4 is 10.1 Å². The number of aliphatic carboxylic acids is 1. The van der Waals surface area contributed by atoms with Crippen LogP contribution in [0, 0.1) is 5.92 Å². The van der Waals surface area contributed by atoms with Gasteiger partial charge in [-0.05, 0) is 37.1 Å². The van der Waals surface area contributed by atoms with Gasteiger partial charge in [-0.15, -0.1) is 0 Å². The summed E-state index contributed by atoms with van der Waals surface area (Å²) in [5.74, 6) is -1.42. The number of hydrogen-bond acceptors (Lipinski definition) is 4. The first kappa shape index (κ1) is 18.7. The minimum atomic E-state index is -0.977. The van der Waals surface area contributed by atoms with Crippen LogP contribution in [0.15, 0.2) is 42.7 Å². The maximum absolute atomic E-state index is 12.1. The summed E-state index contributed by atoms with van der Waals surface area (Å²) in [6.07, 6.45) is 3.12. The highest BCUT2D eigenvalue weighted by atomic mass is 35.5. The summed E-state index contributed by atoms with van der Waals surface area (Å²) in [7, 11) is 0. The van der Waals surface area contributed by atoms with Crippen LogP contribution in [-0.2, 0) is 11.2 Å².